The highest BCUT2D eigenvalue weighted by Gasteiger charge is 2.23. The van der Waals surface area contributed by atoms with Crippen molar-refractivity contribution < 1.29 is 8.78 Å². The Hall–Kier alpha value is -1.98. The van der Waals surface area contributed by atoms with Crippen LogP contribution >= 0.6 is 0 Å². The summed E-state index contributed by atoms with van der Waals surface area (Å²) in [5.41, 5.74) is -1.79. The first-order valence-electron chi connectivity index (χ1n) is 5.08. The Balaban J connectivity index is 2.31. The van der Waals surface area contributed by atoms with Crippen LogP contribution in [0.5, 0.6) is 0 Å². The molecule has 0 aliphatic rings. The predicted octanol–water partition coefficient (Wildman–Crippen LogP) is 2.89. The van der Waals surface area contributed by atoms with Crippen molar-refractivity contribution in [2.24, 2.45) is 0 Å². The molecule has 0 aliphatic heterocycles. The Kier molecular flexibility index (Phi) is 2.79. The van der Waals surface area contributed by atoms with Crippen LogP contribution in [0.1, 0.15) is 19.4 Å². The predicted molar refractivity (Wildman–Crippen MR) is 60.2 cm³/mol. The van der Waals surface area contributed by atoms with E-state index >= 15 is 0 Å². The number of H-pyrrole nitrogens is 1. The molecule has 4 nitrogen and oxygen atoms in total. The minimum absolute atomic E-state index is 0.0329. The number of rotatable bonds is 3. The standard InChI is InChI=1S/C11H12F2N4/c1-11(2,13)7-5-10(14-6-8(7)12)16-9-3-4-15-17-9/h3-6H,1-2H3,(H2,14,15,16,17). The van der Waals surface area contributed by atoms with Gasteiger partial charge in [0.1, 0.15) is 23.1 Å². The molecule has 0 saturated heterocycles. The van der Waals surface area contributed by atoms with Crippen molar-refractivity contribution >= 4 is 11.6 Å². The van der Waals surface area contributed by atoms with Crippen LogP contribution in [0.3, 0.4) is 0 Å². The first-order valence-corrected chi connectivity index (χ1v) is 5.08. The molecule has 2 rings (SSSR count). The third-order valence-electron chi connectivity index (χ3n) is 2.26. The summed E-state index contributed by atoms with van der Waals surface area (Å²) in [4.78, 5) is 3.83. The van der Waals surface area contributed by atoms with Crippen LogP contribution in [-0.2, 0) is 5.67 Å². The van der Waals surface area contributed by atoms with Crippen LogP contribution in [0.2, 0.25) is 0 Å². The molecular formula is C11H12F2N4. The summed E-state index contributed by atoms with van der Waals surface area (Å²) < 4.78 is 27.1. The average molecular weight is 238 g/mol. The normalized spacial score (nSPS) is 11.5. The molecule has 0 saturated carbocycles. The highest BCUT2D eigenvalue weighted by molar-refractivity contribution is 5.52. The molecule has 2 aromatic rings. The van der Waals surface area contributed by atoms with E-state index in [0.717, 1.165) is 6.20 Å². The number of hydrogen-bond donors (Lipinski definition) is 2. The fourth-order valence-electron chi connectivity index (χ4n) is 1.43. The minimum atomic E-state index is -1.75. The van der Waals surface area contributed by atoms with Crippen LogP contribution in [0.4, 0.5) is 20.4 Å². The molecule has 0 radical (unpaired) electrons. The molecule has 0 unspecified atom stereocenters. The van der Waals surface area contributed by atoms with Gasteiger partial charge in [0.05, 0.1) is 12.4 Å². The molecule has 90 valence electrons. The monoisotopic (exact) mass is 238 g/mol. The van der Waals surface area contributed by atoms with E-state index in [-0.39, 0.29) is 5.56 Å². The maximum absolute atomic E-state index is 13.7. The Morgan fingerprint density at radius 2 is 2.18 bits per heavy atom. The molecule has 2 N–H and O–H groups in total. The topological polar surface area (TPSA) is 53.6 Å². The summed E-state index contributed by atoms with van der Waals surface area (Å²) in [6, 6.07) is 3.03. The molecule has 2 aromatic heterocycles. The lowest BCUT2D eigenvalue weighted by Crippen LogP contribution is -2.12. The lowest BCUT2D eigenvalue weighted by molar-refractivity contribution is 0.213. The van der Waals surface area contributed by atoms with Crippen molar-refractivity contribution in [2.45, 2.75) is 19.5 Å². The number of aromatic amines is 1. The van der Waals surface area contributed by atoms with Gasteiger partial charge in [0, 0.05) is 11.6 Å². The average Bonchev–Trinajstić information content (AvgIpc) is 2.72. The third-order valence-corrected chi connectivity index (χ3v) is 2.26. The van der Waals surface area contributed by atoms with Gasteiger partial charge in [-0.15, -0.1) is 0 Å². The summed E-state index contributed by atoms with van der Waals surface area (Å²) in [7, 11) is 0. The highest BCUT2D eigenvalue weighted by atomic mass is 19.1. The first kappa shape index (κ1) is 11.5. The van der Waals surface area contributed by atoms with Gasteiger partial charge in [-0.25, -0.2) is 13.8 Å². The van der Waals surface area contributed by atoms with E-state index in [0.29, 0.717) is 11.6 Å². The van der Waals surface area contributed by atoms with E-state index < -0.39 is 11.5 Å². The second-order valence-corrected chi connectivity index (χ2v) is 4.12. The molecule has 0 bridgehead atoms. The smallest absolute Gasteiger partial charge is 0.148 e. The molecule has 2 heterocycles. The SMILES string of the molecule is CC(C)(F)c1cc(Nc2ccn[nH]2)ncc1F. The Bertz CT molecular complexity index is 503. The molecule has 0 amide bonds. The lowest BCUT2D eigenvalue weighted by Gasteiger charge is -2.16. The summed E-state index contributed by atoms with van der Waals surface area (Å²) in [5.74, 6) is 0.302. The fourth-order valence-corrected chi connectivity index (χ4v) is 1.43. The van der Waals surface area contributed by atoms with E-state index in [1.165, 1.54) is 19.9 Å². The zero-order valence-corrected chi connectivity index (χ0v) is 9.46. The number of anilines is 2. The summed E-state index contributed by atoms with van der Waals surface area (Å²) >= 11 is 0. The lowest BCUT2D eigenvalue weighted by atomic mass is 10.0. The maximum atomic E-state index is 13.7. The molecule has 6 heteroatoms. The quantitative estimate of drug-likeness (QED) is 0.864. The fraction of sp³-hybridized carbons (Fsp3) is 0.273. The Morgan fingerprint density at radius 1 is 1.41 bits per heavy atom. The zero-order chi connectivity index (χ0) is 12.5. The maximum Gasteiger partial charge on any atom is 0.148 e. The van der Waals surface area contributed by atoms with Crippen LogP contribution in [0, 0.1) is 5.82 Å². The second kappa shape index (κ2) is 4.12. The molecule has 0 atom stereocenters. The Morgan fingerprint density at radius 3 is 2.76 bits per heavy atom. The van der Waals surface area contributed by atoms with Gasteiger partial charge < -0.3 is 5.32 Å². The van der Waals surface area contributed by atoms with E-state index in [4.69, 9.17) is 0 Å². The van der Waals surface area contributed by atoms with Gasteiger partial charge in [-0.1, -0.05) is 0 Å². The van der Waals surface area contributed by atoms with Gasteiger partial charge in [0.25, 0.3) is 0 Å². The number of nitrogens with one attached hydrogen (secondary N) is 2. The van der Waals surface area contributed by atoms with Crippen molar-refractivity contribution in [3.05, 3.63) is 35.9 Å². The van der Waals surface area contributed by atoms with Crippen LogP contribution in [-0.4, -0.2) is 15.2 Å². The first-order chi connectivity index (χ1) is 7.97. The van der Waals surface area contributed by atoms with Gasteiger partial charge in [0.2, 0.25) is 0 Å². The number of hydrogen-bond acceptors (Lipinski definition) is 3. The molecule has 0 fully saturated rings. The number of halogens is 2. The van der Waals surface area contributed by atoms with Gasteiger partial charge >= 0.3 is 0 Å². The van der Waals surface area contributed by atoms with Crippen molar-refractivity contribution in [3.63, 3.8) is 0 Å². The molecule has 0 aromatic carbocycles. The van der Waals surface area contributed by atoms with Crippen molar-refractivity contribution in [1.82, 2.24) is 15.2 Å². The van der Waals surface area contributed by atoms with Gasteiger partial charge in [-0.05, 0) is 19.9 Å². The Labute approximate surface area is 97.1 Å². The van der Waals surface area contributed by atoms with E-state index in [9.17, 15) is 8.78 Å². The molecule has 0 spiro atoms. The van der Waals surface area contributed by atoms with Crippen LogP contribution in [0.25, 0.3) is 0 Å². The largest absolute Gasteiger partial charge is 0.325 e. The highest BCUT2D eigenvalue weighted by Crippen LogP contribution is 2.28. The molecular weight excluding hydrogens is 226 g/mol. The summed E-state index contributed by atoms with van der Waals surface area (Å²) in [6.45, 7) is 2.59. The van der Waals surface area contributed by atoms with Gasteiger partial charge in [-0.2, -0.15) is 5.10 Å². The molecule has 0 aliphatic carbocycles. The summed E-state index contributed by atoms with van der Waals surface area (Å²) in [6.07, 6.45) is 2.56. The van der Waals surface area contributed by atoms with E-state index in [1.807, 2.05) is 0 Å². The molecule has 17 heavy (non-hydrogen) atoms. The van der Waals surface area contributed by atoms with E-state index in [1.54, 1.807) is 12.3 Å². The van der Waals surface area contributed by atoms with Crippen LogP contribution < -0.4 is 5.32 Å². The number of aromatic nitrogens is 3. The number of nitrogens with zero attached hydrogens (tertiary/aromatic N) is 2. The van der Waals surface area contributed by atoms with Crippen molar-refractivity contribution in [2.75, 3.05) is 5.32 Å². The van der Waals surface area contributed by atoms with Gasteiger partial charge in [-0.3, -0.25) is 5.10 Å². The number of pyridine rings is 1. The third kappa shape index (κ3) is 2.58. The van der Waals surface area contributed by atoms with Gasteiger partial charge in [0.15, 0.2) is 0 Å². The zero-order valence-electron chi connectivity index (χ0n) is 9.46. The second-order valence-electron chi connectivity index (χ2n) is 4.12. The van der Waals surface area contributed by atoms with Crippen molar-refractivity contribution in [3.8, 4) is 0 Å². The van der Waals surface area contributed by atoms with Crippen molar-refractivity contribution in [1.29, 1.82) is 0 Å². The number of alkyl halides is 1. The van der Waals surface area contributed by atoms with Crippen LogP contribution in [0.15, 0.2) is 24.5 Å². The summed E-state index contributed by atoms with van der Waals surface area (Å²) in [5, 5.41) is 9.27. The van der Waals surface area contributed by atoms with E-state index in [2.05, 4.69) is 20.5 Å². The minimum Gasteiger partial charge on any atom is -0.325 e.